The summed E-state index contributed by atoms with van der Waals surface area (Å²) in [5, 5.41) is 11.2. The monoisotopic (exact) mass is 263 g/mol. The Morgan fingerprint density at radius 1 is 1.58 bits per heavy atom. The van der Waals surface area contributed by atoms with E-state index in [0.717, 1.165) is 19.0 Å². The van der Waals surface area contributed by atoms with Crippen molar-refractivity contribution in [2.75, 3.05) is 6.61 Å². The zero-order valence-electron chi connectivity index (χ0n) is 10.4. The molecule has 0 radical (unpaired) electrons. The van der Waals surface area contributed by atoms with E-state index in [4.69, 9.17) is 4.74 Å². The topological polar surface area (TPSA) is 87.3 Å². The Hall–Kier alpha value is -2.44. The minimum absolute atomic E-state index is 0.107. The molecule has 2 aromatic rings. The van der Waals surface area contributed by atoms with Gasteiger partial charge in [0.15, 0.2) is 0 Å². The van der Waals surface area contributed by atoms with Crippen LogP contribution in [0.1, 0.15) is 19.8 Å². The molecule has 0 bridgehead atoms. The predicted molar refractivity (Wildman–Crippen MR) is 68.0 cm³/mol. The SMILES string of the molecule is CCCCOC(=O)n1ccc2cc([N+](=O)[O-])cnc21. The predicted octanol–water partition coefficient (Wildman–Crippen LogP) is 2.73. The molecule has 7 heteroatoms. The summed E-state index contributed by atoms with van der Waals surface area (Å²) < 4.78 is 6.31. The second-order valence-electron chi connectivity index (χ2n) is 4.02. The van der Waals surface area contributed by atoms with Gasteiger partial charge < -0.3 is 4.74 Å². The molecule has 0 saturated carbocycles. The fourth-order valence-corrected chi connectivity index (χ4v) is 1.63. The normalized spacial score (nSPS) is 10.6. The number of hydrogen-bond acceptors (Lipinski definition) is 5. The smallest absolute Gasteiger partial charge is 0.419 e. The lowest BCUT2D eigenvalue weighted by Crippen LogP contribution is -2.13. The quantitative estimate of drug-likeness (QED) is 0.480. The summed E-state index contributed by atoms with van der Waals surface area (Å²) in [6, 6.07) is 2.97. The average molecular weight is 263 g/mol. The number of aromatic nitrogens is 2. The molecular formula is C12H13N3O4. The molecular weight excluding hydrogens is 250 g/mol. The minimum Gasteiger partial charge on any atom is -0.449 e. The molecule has 0 amide bonds. The lowest BCUT2D eigenvalue weighted by molar-refractivity contribution is -0.385. The lowest BCUT2D eigenvalue weighted by Gasteiger charge is -2.04. The number of rotatable bonds is 4. The molecule has 0 N–H and O–H groups in total. The van der Waals surface area contributed by atoms with Crippen LogP contribution in [-0.2, 0) is 4.74 Å². The molecule has 0 fully saturated rings. The van der Waals surface area contributed by atoms with Crippen LogP contribution in [0, 0.1) is 10.1 Å². The third-order valence-corrected chi connectivity index (χ3v) is 2.64. The molecule has 0 aliphatic carbocycles. The van der Waals surface area contributed by atoms with Crippen LogP contribution in [0.4, 0.5) is 10.5 Å². The molecule has 2 heterocycles. The first-order valence-corrected chi connectivity index (χ1v) is 5.92. The standard InChI is InChI=1S/C12H13N3O4/c1-2-3-6-19-12(16)14-5-4-9-7-10(15(17)18)8-13-11(9)14/h4-5,7-8H,2-3,6H2,1H3. The number of carbonyl (C=O) groups excluding carboxylic acids is 1. The van der Waals surface area contributed by atoms with Gasteiger partial charge >= 0.3 is 6.09 Å². The third kappa shape index (κ3) is 2.70. The van der Waals surface area contributed by atoms with Crippen LogP contribution in [0.25, 0.3) is 11.0 Å². The molecule has 0 aliphatic heterocycles. The number of unbranched alkanes of at least 4 members (excludes halogenated alkanes) is 1. The summed E-state index contributed by atoms with van der Waals surface area (Å²) in [7, 11) is 0. The van der Waals surface area contributed by atoms with Gasteiger partial charge in [0.2, 0.25) is 0 Å². The second kappa shape index (κ2) is 5.47. The number of nitrogens with zero attached hydrogens (tertiary/aromatic N) is 3. The molecule has 2 rings (SSSR count). The van der Waals surface area contributed by atoms with Crippen LogP contribution in [0.5, 0.6) is 0 Å². The van der Waals surface area contributed by atoms with Gasteiger partial charge in [0.05, 0.1) is 11.5 Å². The maximum absolute atomic E-state index is 11.8. The van der Waals surface area contributed by atoms with Crippen LogP contribution < -0.4 is 0 Å². The summed E-state index contributed by atoms with van der Waals surface area (Å²) in [5.41, 5.74) is 0.247. The van der Waals surface area contributed by atoms with Crippen molar-refractivity contribution in [3.05, 3.63) is 34.6 Å². The van der Waals surface area contributed by atoms with Gasteiger partial charge in [-0.1, -0.05) is 13.3 Å². The van der Waals surface area contributed by atoms with Gasteiger partial charge in [0, 0.05) is 17.6 Å². The Bertz CT molecular complexity index is 620. The fraction of sp³-hybridized carbons (Fsp3) is 0.333. The van der Waals surface area contributed by atoms with Crippen LogP contribution in [0.2, 0.25) is 0 Å². The van der Waals surface area contributed by atoms with Gasteiger partial charge in [-0.05, 0) is 12.5 Å². The molecule has 0 saturated heterocycles. The van der Waals surface area contributed by atoms with E-state index in [9.17, 15) is 14.9 Å². The fourth-order valence-electron chi connectivity index (χ4n) is 1.63. The molecule has 0 aromatic carbocycles. The van der Waals surface area contributed by atoms with Gasteiger partial charge in [-0.3, -0.25) is 10.1 Å². The number of carbonyl (C=O) groups is 1. The summed E-state index contributed by atoms with van der Waals surface area (Å²) in [6.45, 7) is 2.35. The van der Waals surface area contributed by atoms with E-state index in [-0.39, 0.29) is 5.69 Å². The lowest BCUT2D eigenvalue weighted by atomic mass is 10.3. The summed E-state index contributed by atoms with van der Waals surface area (Å²) in [6.07, 6.45) is 3.83. The number of pyridine rings is 1. The number of hydrogen-bond donors (Lipinski definition) is 0. The molecule has 0 spiro atoms. The van der Waals surface area contributed by atoms with Crippen molar-refractivity contribution in [1.82, 2.24) is 9.55 Å². The maximum Gasteiger partial charge on any atom is 0.419 e. The Morgan fingerprint density at radius 2 is 2.37 bits per heavy atom. The van der Waals surface area contributed by atoms with Crippen molar-refractivity contribution < 1.29 is 14.5 Å². The Morgan fingerprint density at radius 3 is 3.05 bits per heavy atom. The van der Waals surface area contributed by atoms with Crippen molar-refractivity contribution in [2.45, 2.75) is 19.8 Å². The van der Waals surface area contributed by atoms with Crippen LogP contribution in [-0.4, -0.2) is 27.2 Å². The summed E-state index contributed by atoms with van der Waals surface area (Å²) in [4.78, 5) is 25.8. The highest BCUT2D eigenvalue weighted by atomic mass is 16.6. The summed E-state index contributed by atoms with van der Waals surface area (Å²) in [5.74, 6) is 0. The molecule has 0 unspecified atom stereocenters. The first kappa shape index (κ1) is 13.0. The van der Waals surface area contributed by atoms with E-state index in [2.05, 4.69) is 4.98 Å². The van der Waals surface area contributed by atoms with Gasteiger partial charge in [0.25, 0.3) is 5.69 Å². The Labute approximate surface area is 109 Å². The summed E-state index contributed by atoms with van der Waals surface area (Å²) >= 11 is 0. The van der Waals surface area contributed by atoms with Crippen molar-refractivity contribution in [3.8, 4) is 0 Å². The number of fused-ring (bicyclic) bond motifs is 1. The van der Waals surface area contributed by atoms with E-state index in [1.54, 1.807) is 6.07 Å². The average Bonchev–Trinajstić information content (AvgIpc) is 2.81. The van der Waals surface area contributed by atoms with E-state index in [1.165, 1.54) is 16.8 Å². The van der Waals surface area contributed by atoms with Crippen LogP contribution >= 0.6 is 0 Å². The highest BCUT2D eigenvalue weighted by molar-refractivity contribution is 5.87. The maximum atomic E-state index is 11.8. The zero-order chi connectivity index (χ0) is 13.8. The Kier molecular flexibility index (Phi) is 3.74. The largest absolute Gasteiger partial charge is 0.449 e. The van der Waals surface area contributed by atoms with E-state index in [1.807, 2.05) is 6.92 Å². The van der Waals surface area contributed by atoms with Gasteiger partial charge in [-0.2, -0.15) is 0 Å². The van der Waals surface area contributed by atoms with Crippen molar-refractivity contribution in [1.29, 1.82) is 0 Å². The Balaban J connectivity index is 2.25. The van der Waals surface area contributed by atoms with E-state index >= 15 is 0 Å². The zero-order valence-corrected chi connectivity index (χ0v) is 10.4. The minimum atomic E-state index is -0.524. The third-order valence-electron chi connectivity index (χ3n) is 2.64. The highest BCUT2D eigenvalue weighted by Gasteiger charge is 2.14. The van der Waals surface area contributed by atoms with Crippen LogP contribution in [0.15, 0.2) is 24.5 Å². The number of nitro groups is 1. The molecule has 0 atom stereocenters. The van der Waals surface area contributed by atoms with Gasteiger partial charge in [-0.25, -0.2) is 14.3 Å². The van der Waals surface area contributed by atoms with E-state index in [0.29, 0.717) is 17.6 Å². The van der Waals surface area contributed by atoms with Crippen LogP contribution in [0.3, 0.4) is 0 Å². The van der Waals surface area contributed by atoms with Crippen molar-refractivity contribution >= 4 is 22.8 Å². The van der Waals surface area contributed by atoms with Crippen molar-refractivity contribution in [2.24, 2.45) is 0 Å². The molecule has 7 nitrogen and oxygen atoms in total. The molecule has 19 heavy (non-hydrogen) atoms. The van der Waals surface area contributed by atoms with Gasteiger partial charge in [-0.15, -0.1) is 0 Å². The second-order valence-corrected chi connectivity index (χ2v) is 4.02. The molecule has 2 aromatic heterocycles. The number of ether oxygens (including phenoxy) is 1. The first-order valence-electron chi connectivity index (χ1n) is 5.92. The van der Waals surface area contributed by atoms with Crippen molar-refractivity contribution in [3.63, 3.8) is 0 Å². The highest BCUT2D eigenvalue weighted by Crippen LogP contribution is 2.19. The molecule has 0 aliphatic rings. The first-order chi connectivity index (χ1) is 9.13. The van der Waals surface area contributed by atoms with E-state index < -0.39 is 11.0 Å². The van der Waals surface area contributed by atoms with Gasteiger partial charge in [0.1, 0.15) is 11.8 Å². The molecule has 100 valence electrons.